The van der Waals surface area contributed by atoms with E-state index >= 15 is 0 Å². The van der Waals surface area contributed by atoms with Gasteiger partial charge in [-0.3, -0.25) is 9.78 Å². The van der Waals surface area contributed by atoms with Crippen molar-refractivity contribution in [1.82, 2.24) is 4.98 Å². The predicted molar refractivity (Wildman–Crippen MR) is 104 cm³/mol. The minimum atomic E-state index is -0.368. The molecule has 0 unspecified atom stereocenters. The topological polar surface area (TPSA) is 45.2 Å². The van der Waals surface area contributed by atoms with Crippen molar-refractivity contribution < 1.29 is 13.6 Å². The lowest BCUT2D eigenvalue weighted by atomic mass is 9.90. The van der Waals surface area contributed by atoms with Crippen molar-refractivity contribution in [2.45, 2.75) is 25.4 Å². The Labute approximate surface area is 161 Å². The summed E-state index contributed by atoms with van der Waals surface area (Å²) in [6.45, 7) is 1.96. The van der Waals surface area contributed by atoms with Crippen molar-refractivity contribution in [2.75, 3.05) is 10.2 Å². The molecule has 2 atom stereocenters. The zero-order valence-corrected chi connectivity index (χ0v) is 15.3. The second-order valence-corrected chi connectivity index (χ2v) is 6.91. The summed E-state index contributed by atoms with van der Waals surface area (Å²) in [4.78, 5) is 18.8. The minimum absolute atomic E-state index is 0.122. The van der Waals surface area contributed by atoms with Crippen molar-refractivity contribution >= 4 is 17.3 Å². The highest BCUT2D eigenvalue weighted by atomic mass is 19.1. The highest BCUT2D eigenvalue weighted by Gasteiger charge is 2.34. The van der Waals surface area contributed by atoms with Gasteiger partial charge in [-0.2, -0.15) is 0 Å². The van der Waals surface area contributed by atoms with E-state index in [1.807, 2.05) is 6.92 Å². The molecule has 1 aromatic heterocycles. The van der Waals surface area contributed by atoms with Crippen molar-refractivity contribution in [3.63, 3.8) is 0 Å². The molecule has 1 aliphatic rings. The molecular formula is C22H19F2N3O. The van der Waals surface area contributed by atoms with E-state index in [1.54, 1.807) is 41.4 Å². The molecule has 4 nitrogen and oxygen atoms in total. The van der Waals surface area contributed by atoms with Crippen LogP contribution in [0.5, 0.6) is 0 Å². The summed E-state index contributed by atoms with van der Waals surface area (Å²) in [7, 11) is 0. The molecule has 0 saturated carbocycles. The Morgan fingerprint density at radius 1 is 1.11 bits per heavy atom. The number of benzene rings is 2. The van der Waals surface area contributed by atoms with Gasteiger partial charge in [0.25, 0.3) is 5.91 Å². The van der Waals surface area contributed by atoms with Crippen LogP contribution in [0, 0.1) is 11.6 Å². The first-order valence-electron chi connectivity index (χ1n) is 9.08. The second-order valence-electron chi connectivity index (χ2n) is 6.91. The first-order valence-corrected chi connectivity index (χ1v) is 9.08. The molecule has 142 valence electrons. The van der Waals surface area contributed by atoms with Gasteiger partial charge in [-0.15, -0.1) is 0 Å². The number of nitrogens with one attached hydrogen (secondary N) is 1. The molecule has 1 aliphatic heterocycles. The van der Waals surface area contributed by atoms with Crippen LogP contribution in [0.4, 0.5) is 20.2 Å². The van der Waals surface area contributed by atoms with E-state index in [4.69, 9.17) is 0 Å². The van der Waals surface area contributed by atoms with E-state index in [1.165, 1.54) is 30.5 Å². The average molecular weight is 379 g/mol. The summed E-state index contributed by atoms with van der Waals surface area (Å²) < 4.78 is 27.2. The van der Waals surface area contributed by atoms with Crippen molar-refractivity contribution in [1.29, 1.82) is 0 Å². The van der Waals surface area contributed by atoms with Crippen molar-refractivity contribution in [2.24, 2.45) is 0 Å². The number of pyridine rings is 1. The molecule has 0 aliphatic carbocycles. The number of fused-ring (bicyclic) bond motifs is 1. The van der Waals surface area contributed by atoms with Crippen LogP contribution in [0.3, 0.4) is 0 Å². The average Bonchev–Trinajstić information content (AvgIpc) is 2.70. The highest BCUT2D eigenvalue weighted by Crippen LogP contribution is 2.40. The predicted octanol–water partition coefficient (Wildman–Crippen LogP) is 4.95. The summed E-state index contributed by atoms with van der Waals surface area (Å²) in [5.41, 5.74) is 2.57. The monoisotopic (exact) mass is 379 g/mol. The quantitative estimate of drug-likeness (QED) is 0.700. The van der Waals surface area contributed by atoms with Gasteiger partial charge in [-0.05, 0) is 67.9 Å². The fourth-order valence-corrected chi connectivity index (χ4v) is 3.66. The number of hydrogen-bond acceptors (Lipinski definition) is 3. The van der Waals surface area contributed by atoms with Gasteiger partial charge >= 0.3 is 0 Å². The number of rotatable bonds is 3. The first kappa shape index (κ1) is 18.1. The molecule has 3 aromatic rings. The van der Waals surface area contributed by atoms with E-state index < -0.39 is 0 Å². The Hall–Kier alpha value is -3.28. The van der Waals surface area contributed by atoms with Crippen LogP contribution in [-0.4, -0.2) is 16.9 Å². The Morgan fingerprint density at radius 2 is 1.86 bits per heavy atom. The number of hydrogen-bond donors (Lipinski definition) is 1. The molecule has 4 rings (SSSR count). The van der Waals surface area contributed by atoms with E-state index in [0.717, 1.165) is 5.69 Å². The second kappa shape index (κ2) is 7.38. The summed E-state index contributed by atoms with van der Waals surface area (Å²) in [6.07, 6.45) is 3.73. The third-order valence-corrected chi connectivity index (χ3v) is 4.95. The number of amides is 1. The minimum Gasteiger partial charge on any atom is -0.378 e. The van der Waals surface area contributed by atoms with Gasteiger partial charge in [0.2, 0.25) is 0 Å². The van der Waals surface area contributed by atoms with Gasteiger partial charge in [0.1, 0.15) is 11.6 Å². The standard InChI is InChI=1S/C22H19F2N3O/c1-14-11-20(26-18-7-4-16(23)5-8-18)19-12-17(24)6-9-21(19)27(14)22(28)15-3-2-10-25-13-15/h2-10,12-14,20,26H,11H2,1H3/t14-,20+/m1/s1. The fourth-order valence-electron chi connectivity index (χ4n) is 3.66. The number of halogens is 2. The summed E-state index contributed by atoms with van der Waals surface area (Å²) >= 11 is 0. The summed E-state index contributed by atoms with van der Waals surface area (Å²) in [5.74, 6) is -0.857. The zero-order valence-electron chi connectivity index (χ0n) is 15.3. The van der Waals surface area contributed by atoms with Gasteiger partial charge in [-0.1, -0.05) is 0 Å². The molecule has 0 saturated heterocycles. The van der Waals surface area contributed by atoms with E-state index in [9.17, 15) is 13.6 Å². The van der Waals surface area contributed by atoms with Crippen LogP contribution >= 0.6 is 0 Å². The van der Waals surface area contributed by atoms with Crippen molar-refractivity contribution in [3.05, 3.63) is 89.8 Å². The Kier molecular flexibility index (Phi) is 4.77. The molecule has 28 heavy (non-hydrogen) atoms. The maximum atomic E-state index is 14.0. The maximum Gasteiger partial charge on any atom is 0.260 e. The van der Waals surface area contributed by atoms with Crippen molar-refractivity contribution in [3.8, 4) is 0 Å². The SMILES string of the molecule is C[C@@H]1C[C@H](Nc2ccc(F)cc2)c2cc(F)ccc2N1C(=O)c1cccnc1. The summed E-state index contributed by atoms with van der Waals surface area (Å²) in [5, 5.41) is 3.34. The van der Waals surface area contributed by atoms with Crippen LogP contribution < -0.4 is 10.2 Å². The van der Waals surface area contributed by atoms with Gasteiger partial charge < -0.3 is 10.2 Å². The molecule has 0 spiro atoms. The number of anilines is 2. The van der Waals surface area contributed by atoms with Gasteiger partial charge in [0.15, 0.2) is 0 Å². The van der Waals surface area contributed by atoms with Gasteiger partial charge in [0, 0.05) is 35.4 Å². The molecule has 1 amide bonds. The first-order chi connectivity index (χ1) is 13.5. The smallest absolute Gasteiger partial charge is 0.260 e. The normalized spacial score (nSPS) is 18.5. The number of carbonyl (C=O) groups excluding carboxylic acids is 1. The molecule has 1 N–H and O–H groups in total. The van der Waals surface area contributed by atoms with Crippen LogP contribution in [0.2, 0.25) is 0 Å². The van der Waals surface area contributed by atoms with E-state index in [0.29, 0.717) is 23.2 Å². The highest BCUT2D eigenvalue weighted by molar-refractivity contribution is 6.07. The third-order valence-electron chi connectivity index (χ3n) is 4.95. The van der Waals surface area contributed by atoms with Gasteiger partial charge in [-0.25, -0.2) is 8.78 Å². The zero-order chi connectivity index (χ0) is 19.7. The van der Waals surface area contributed by atoms with E-state index in [2.05, 4.69) is 10.3 Å². The molecule has 2 heterocycles. The van der Waals surface area contributed by atoms with E-state index in [-0.39, 0.29) is 29.6 Å². The fraction of sp³-hybridized carbons (Fsp3) is 0.182. The Balaban J connectivity index is 1.71. The largest absolute Gasteiger partial charge is 0.378 e. The van der Waals surface area contributed by atoms with Crippen LogP contribution in [-0.2, 0) is 0 Å². The lowest BCUT2D eigenvalue weighted by Gasteiger charge is -2.40. The van der Waals surface area contributed by atoms with Crippen LogP contribution in [0.15, 0.2) is 67.0 Å². The number of nitrogens with zero attached hydrogens (tertiary/aromatic N) is 2. The molecule has 0 fully saturated rings. The van der Waals surface area contributed by atoms with Crippen LogP contribution in [0.25, 0.3) is 0 Å². The molecule has 2 aromatic carbocycles. The third kappa shape index (κ3) is 3.45. The van der Waals surface area contributed by atoms with Gasteiger partial charge in [0.05, 0.1) is 11.6 Å². The lowest BCUT2D eigenvalue weighted by Crippen LogP contribution is -2.44. The maximum absolute atomic E-state index is 14.0. The Bertz CT molecular complexity index is 992. The number of carbonyl (C=O) groups is 1. The lowest BCUT2D eigenvalue weighted by molar-refractivity contribution is 0.0973. The van der Waals surface area contributed by atoms with Crippen LogP contribution in [0.1, 0.15) is 35.3 Å². The summed E-state index contributed by atoms with van der Waals surface area (Å²) in [6, 6.07) is 13.6. The molecule has 6 heteroatoms. The Morgan fingerprint density at radius 3 is 2.57 bits per heavy atom. The molecular weight excluding hydrogens is 360 g/mol. The molecule has 0 radical (unpaired) electrons. The molecule has 0 bridgehead atoms. The number of aromatic nitrogens is 1.